The van der Waals surface area contributed by atoms with Crippen LogP contribution in [0.3, 0.4) is 0 Å². The van der Waals surface area contributed by atoms with Crippen molar-refractivity contribution >= 4 is 0 Å². The van der Waals surface area contributed by atoms with E-state index >= 15 is 0 Å². The maximum atomic E-state index is 10.4. The van der Waals surface area contributed by atoms with Gasteiger partial charge in [-0.2, -0.15) is 0 Å². The summed E-state index contributed by atoms with van der Waals surface area (Å²) in [7, 11) is 0. The van der Waals surface area contributed by atoms with E-state index < -0.39 is 11.9 Å². The highest BCUT2D eigenvalue weighted by Crippen LogP contribution is 2.29. The summed E-state index contributed by atoms with van der Waals surface area (Å²) in [5.41, 5.74) is -0.685. The van der Waals surface area contributed by atoms with E-state index in [1.165, 1.54) is 77.0 Å². The van der Waals surface area contributed by atoms with Crippen LogP contribution >= 0.6 is 0 Å². The molecule has 0 spiro atoms. The van der Waals surface area contributed by atoms with Gasteiger partial charge in [0, 0.05) is 6.42 Å². The van der Waals surface area contributed by atoms with Gasteiger partial charge < -0.3 is 14.9 Å². The molecule has 0 aromatic rings. The third-order valence-corrected chi connectivity index (χ3v) is 5.18. The molecule has 0 bridgehead atoms. The van der Waals surface area contributed by atoms with E-state index in [0.29, 0.717) is 19.4 Å². The molecule has 0 aliphatic carbocycles. The molecule has 1 heterocycles. The molecule has 1 saturated heterocycles. The van der Waals surface area contributed by atoms with Crippen LogP contribution in [0, 0.1) is 0 Å². The molecule has 0 amide bonds. The van der Waals surface area contributed by atoms with Crippen LogP contribution in [0.4, 0.5) is 0 Å². The van der Waals surface area contributed by atoms with E-state index in [1.807, 2.05) is 0 Å². The topological polar surface area (TPSA) is 49.7 Å². The fourth-order valence-electron chi connectivity index (χ4n) is 3.57. The van der Waals surface area contributed by atoms with Crippen LogP contribution in [-0.4, -0.2) is 28.7 Å². The van der Waals surface area contributed by atoms with E-state index in [0.717, 1.165) is 12.8 Å². The summed E-state index contributed by atoms with van der Waals surface area (Å²) in [6.07, 6.45) is 18.6. The molecule has 3 nitrogen and oxygen atoms in total. The second-order valence-electron chi connectivity index (χ2n) is 7.50. The largest absolute Gasteiger partial charge is 0.390 e. The van der Waals surface area contributed by atoms with Crippen molar-refractivity contribution in [2.24, 2.45) is 0 Å². The average molecular weight is 329 g/mol. The van der Waals surface area contributed by atoms with Crippen molar-refractivity contribution in [1.82, 2.24) is 0 Å². The molecular weight excluding hydrogens is 288 g/mol. The van der Waals surface area contributed by atoms with Gasteiger partial charge in [0.2, 0.25) is 0 Å². The van der Waals surface area contributed by atoms with Gasteiger partial charge in [-0.05, 0) is 12.8 Å². The van der Waals surface area contributed by atoms with Crippen molar-refractivity contribution < 1.29 is 14.9 Å². The number of rotatable bonds is 14. The normalized spacial score (nSPS) is 24.9. The molecule has 1 fully saturated rings. The highest BCUT2D eigenvalue weighted by atomic mass is 16.6. The van der Waals surface area contributed by atoms with Gasteiger partial charge in [0.25, 0.3) is 0 Å². The maximum Gasteiger partial charge on any atom is 0.157 e. The van der Waals surface area contributed by atoms with Crippen LogP contribution in [0.25, 0.3) is 0 Å². The van der Waals surface area contributed by atoms with Crippen LogP contribution in [0.1, 0.15) is 110 Å². The highest BCUT2D eigenvalue weighted by molar-refractivity contribution is 4.82. The lowest BCUT2D eigenvalue weighted by Gasteiger charge is -2.34. The smallest absolute Gasteiger partial charge is 0.157 e. The first kappa shape index (κ1) is 20.9. The predicted molar refractivity (Wildman–Crippen MR) is 96.5 cm³/mol. The third kappa shape index (κ3) is 11.1. The molecule has 0 radical (unpaired) electrons. The van der Waals surface area contributed by atoms with Gasteiger partial charge in [0.05, 0.1) is 12.2 Å². The Bertz CT molecular complexity index is 270. The average Bonchev–Trinajstić information content (AvgIpc) is 2.51. The van der Waals surface area contributed by atoms with Crippen molar-refractivity contribution in [2.45, 2.75) is 122 Å². The van der Waals surface area contributed by atoms with Gasteiger partial charge in [-0.3, -0.25) is 0 Å². The Morgan fingerprint density at radius 2 is 1.30 bits per heavy atom. The SMILES string of the molecule is CCCCCCCCCCCCCCC[C@@]1(O)CCO[C@H](O)C1. The summed E-state index contributed by atoms with van der Waals surface area (Å²) in [4.78, 5) is 0. The Labute approximate surface area is 143 Å². The predicted octanol–water partition coefficient (Wildman–Crippen LogP) is 5.33. The van der Waals surface area contributed by atoms with Crippen LogP contribution in [0.15, 0.2) is 0 Å². The number of hydrogen-bond acceptors (Lipinski definition) is 3. The Kier molecular flexibility index (Phi) is 12.0. The molecule has 0 saturated carbocycles. The van der Waals surface area contributed by atoms with Gasteiger partial charge in [-0.25, -0.2) is 0 Å². The second-order valence-corrected chi connectivity index (χ2v) is 7.50. The van der Waals surface area contributed by atoms with Gasteiger partial charge in [0.15, 0.2) is 6.29 Å². The van der Waals surface area contributed by atoms with Crippen LogP contribution < -0.4 is 0 Å². The first-order valence-electron chi connectivity index (χ1n) is 10.2. The van der Waals surface area contributed by atoms with E-state index in [1.54, 1.807) is 0 Å². The van der Waals surface area contributed by atoms with Crippen molar-refractivity contribution in [3.8, 4) is 0 Å². The van der Waals surface area contributed by atoms with Crippen molar-refractivity contribution in [3.05, 3.63) is 0 Å². The van der Waals surface area contributed by atoms with Crippen molar-refractivity contribution in [3.63, 3.8) is 0 Å². The molecule has 1 aliphatic rings. The van der Waals surface area contributed by atoms with Crippen LogP contribution in [0.5, 0.6) is 0 Å². The number of aliphatic hydroxyl groups is 2. The first-order chi connectivity index (χ1) is 11.2. The zero-order valence-corrected chi connectivity index (χ0v) is 15.4. The Hall–Kier alpha value is -0.120. The molecule has 0 aromatic carbocycles. The lowest BCUT2D eigenvalue weighted by molar-refractivity contribution is -0.187. The lowest BCUT2D eigenvalue weighted by Crippen LogP contribution is -2.40. The van der Waals surface area contributed by atoms with Gasteiger partial charge in [0.1, 0.15) is 0 Å². The zero-order chi connectivity index (χ0) is 16.8. The highest BCUT2D eigenvalue weighted by Gasteiger charge is 2.33. The van der Waals surface area contributed by atoms with E-state index in [9.17, 15) is 10.2 Å². The quantitative estimate of drug-likeness (QED) is 0.424. The number of hydrogen-bond donors (Lipinski definition) is 2. The summed E-state index contributed by atoms with van der Waals surface area (Å²) < 4.78 is 5.09. The van der Waals surface area contributed by atoms with Crippen LogP contribution in [-0.2, 0) is 4.74 Å². The number of ether oxygens (including phenoxy) is 1. The molecular formula is C20H40O3. The lowest BCUT2D eigenvalue weighted by atomic mass is 9.87. The summed E-state index contributed by atoms with van der Waals surface area (Å²) in [6.45, 7) is 2.75. The molecule has 3 heteroatoms. The molecule has 1 aliphatic heterocycles. The molecule has 138 valence electrons. The molecule has 23 heavy (non-hydrogen) atoms. The Balaban J connectivity index is 1.81. The number of aliphatic hydroxyl groups excluding tert-OH is 1. The monoisotopic (exact) mass is 328 g/mol. The minimum atomic E-state index is -0.768. The fraction of sp³-hybridized carbons (Fsp3) is 1.00. The molecule has 2 atom stereocenters. The zero-order valence-electron chi connectivity index (χ0n) is 15.4. The van der Waals surface area contributed by atoms with E-state index in [-0.39, 0.29) is 0 Å². The summed E-state index contributed by atoms with van der Waals surface area (Å²) in [5, 5.41) is 19.8. The summed E-state index contributed by atoms with van der Waals surface area (Å²) >= 11 is 0. The van der Waals surface area contributed by atoms with Crippen LogP contribution in [0.2, 0.25) is 0 Å². The van der Waals surface area contributed by atoms with Crippen molar-refractivity contribution in [1.29, 1.82) is 0 Å². The standard InChI is InChI=1S/C20H40O3/c1-2-3-4-5-6-7-8-9-10-11-12-13-14-15-20(22)16-17-23-19(21)18-20/h19,21-22H,2-18H2,1H3/t19-,20+/m0/s1. The fourth-order valence-corrected chi connectivity index (χ4v) is 3.57. The van der Waals surface area contributed by atoms with Crippen molar-refractivity contribution in [2.75, 3.05) is 6.61 Å². The number of unbranched alkanes of at least 4 members (excludes halogenated alkanes) is 12. The summed E-state index contributed by atoms with van der Waals surface area (Å²) in [6, 6.07) is 0. The van der Waals surface area contributed by atoms with Gasteiger partial charge >= 0.3 is 0 Å². The second kappa shape index (κ2) is 13.2. The minimum Gasteiger partial charge on any atom is -0.390 e. The van der Waals surface area contributed by atoms with E-state index in [2.05, 4.69) is 6.92 Å². The van der Waals surface area contributed by atoms with Gasteiger partial charge in [-0.1, -0.05) is 90.4 Å². The molecule has 0 aromatic heterocycles. The minimum absolute atomic E-state index is 0.380. The maximum absolute atomic E-state index is 10.4. The first-order valence-corrected chi connectivity index (χ1v) is 10.2. The molecule has 1 rings (SSSR count). The molecule has 2 N–H and O–H groups in total. The Morgan fingerprint density at radius 3 is 1.78 bits per heavy atom. The molecule has 0 unspecified atom stereocenters. The summed E-state index contributed by atoms with van der Waals surface area (Å²) in [5.74, 6) is 0. The third-order valence-electron chi connectivity index (χ3n) is 5.18. The van der Waals surface area contributed by atoms with E-state index in [4.69, 9.17) is 4.74 Å². The van der Waals surface area contributed by atoms with Gasteiger partial charge in [-0.15, -0.1) is 0 Å². The Morgan fingerprint density at radius 1 is 0.826 bits per heavy atom.